The van der Waals surface area contributed by atoms with E-state index in [-0.39, 0.29) is 42.4 Å². The average Bonchev–Trinajstić information content (AvgIpc) is 2.87. The molecule has 9 nitrogen and oxygen atoms in total. The van der Waals surface area contributed by atoms with Gasteiger partial charge in [-0.25, -0.2) is 0 Å². The van der Waals surface area contributed by atoms with Crippen molar-refractivity contribution in [1.82, 2.24) is 14.8 Å². The van der Waals surface area contributed by atoms with Gasteiger partial charge in [-0.15, -0.1) is 0 Å². The van der Waals surface area contributed by atoms with Gasteiger partial charge in [-0.1, -0.05) is 19.9 Å². The molecule has 1 aromatic heterocycles. The van der Waals surface area contributed by atoms with Gasteiger partial charge in [0.05, 0.1) is 17.7 Å². The maximum atomic E-state index is 13.4. The third-order valence-electron chi connectivity index (χ3n) is 6.20. The normalized spacial score (nSPS) is 21.3. The molecule has 1 N–H and O–H groups in total. The van der Waals surface area contributed by atoms with E-state index < -0.39 is 0 Å². The van der Waals surface area contributed by atoms with Crippen molar-refractivity contribution >= 4 is 23.4 Å². The zero-order valence-corrected chi connectivity index (χ0v) is 21.0. The van der Waals surface area contributed by atoms with Crippen LogP contribution in [-0.4, -0.2) is 78.5 Å². The molecule has 0 unspecified atom stereocenters. The Kier molecular flexibility index (Phi) is 8.81. The minimum atomic E-state index is -0.321. The lowest BCUT2D eigenvalue weighted by molar-refractivity contribution is -0.115. The number of fused-ring (bicyclic) bond motifs is 1. The monoisotopic (exact) mass is 482 g/mol. The summed E-state index contributed by atoms with van der Waals surface area (Å²) in [6, 6.07) is 9.90. The molecule has 3 atom stereocenters. The van der Waals surface area contributed by atoms with E-state index in [9.17, 15) is 14.4 Å². The van der Waals surface area contributed by atoms with Gasteiger partial charge in [0.2, 0.25) is 5.91 Å². The van der Waals surface area contributed by atoms with Crippen LogP contribution in [0, 0.1) is 5.92 Å². The number of amides is 3. The smallest absolute Gasteiger partial charge is 0.272 e. The first-order valence-electron chi connectivity index (χ1n) is 11.8. The van der Waals surface area contributed by atoms with Gasteiger partial charge in [-0.3, -0.25) is 19.4 Å². The van der Waals surface area contributed by atoms with Gasteiger partial charge < -0.3 is 24.6 Å². The molecule has 2 heterocycles. The number of nitrogens with one attached hydrogen (secondary N) is 1. The van der Waals surface area contributed by atoms with Gasteiger partial charge >= 0.3 is 0 Å². The lowest BCUT2D eigenvalue weighted by Gasteiger charge is -2.36. The molecule has 0 aliphatic carbocycles. The lowest BCUT2D eigenvalue weighted by atomic mass is 10.0. The highest BCUT2D eigenvalue weighted by Gasteiger charge is 2.31. The number of hydrogen-bond donors (Lipinski definition) is 1. The number of hydrogen-bond acceptors (Lipinski definition) is 6. The van der Waals surface area contributed by atoms with Crippen molar-refractivity contribution in [2.45, 2.75) is 39.3 Å². The summed E-state index contributed by atoms with van der Waals surface area (Å²) in [5.74, 6) is -0.267. The Morgan fingerprint density at radius 3 is 2.63 bits per heavy atom. The maximum absolute atomic E-state index is 13.4. The maximum Gasteiger partial charge on any atom is 0.272 e. The fourth-order valence-corrected chi connectivity index (χ4v) is 4.02. The van der Waals surface area contributed by atoms with Crippen LogP contribution in [0.4, 0.5) is 5.69 Å². The van der Waals surface area contributed by atoms with Crippen LogP contribution in [-0.2, 0) is 9.53 Å². The Balaban J connectivity index is 1.99. The fraction of sp³-hybridized carbons (Fsp3) is 0.462. The van der Waals surface area contributed by atoms with Gasteiger partial charge in [0.25, 0.3) is 11.8 Å². The third kappa shape index (κ3) is 6.36. The largest absolute Gasteiger partial charge is 0.491 e. The van der Waals surface area contributed by atoms with E-state index in [0.29, 0.717) is 42.2 Å². The highest BCUT2D eigenvalue weighted by molar-refractivity contribution is 5.98. The van der Waals surface area contributed by atoms with Crippen LogP contribution >= 0.6 is 0 Å². The molecular weight excluding hydrogens is 448 g/mol. The second kappa shape index (κ2) is 11.8. The fourth-order valence-electron chi connectivity index (χ4n) is 4.02. The molecule has 0 radical (unpaired) electrons. The van der Waals surface area contributed by atoms with Crippen LogP contribution in [0.2, 0.25) is 0 Å². The minimum Gasteiger partial charge on any atom is -0.491 e. The second-order valence-corrected chi connectivity index (χ2v) is 8.88. The number of methoxy groups -OCH3 is 1. The second-order valence-electron chi connectivity index (χ2n) is 8.88. The van der Waals surface area contributed by atoms with Crippen molar-refractivity contribution in [2.24, 2.45) is 5.92 Å². The highest BCUT2D eigenvalue weighted by Crippen LogP contribution is 2.27. The summed E-state index contributed by atoms with van der Waals surface area (Å²) < 4.78 is 11.8. The number of anilines is 1. The van der Waals surface area contributed by atoms with E-state index in [1.807, 2.05) is 13.8 Å². The quantitative estimate of drug-likeness (QED) is 0.719. The van der Waals surface area contributed by atoms with Crippen molar-refractivity contribution in [1.29, 1.82) is 0 Å². The highest BCUT2D eigenvalue weighted by atomic mass is 16.5. The number of carbonyl (C=O) groups is 3. The number of benzene rings is 1. The molecule has 1 aliphatic heterocycles. The standard InChI is InChI=1S/C26H34N4O5/c1-6-24(31)28-19-10-11-20-22(13-19)35-16-18(3)30(26(33)21-9-7-8-12-27-21)14-17(2)23(34-5)15-29(4)25(20)32/h7-13,17-18,23H,6,14-16H2,1-5H3,(H,28,31)/t17-,18+,23-/m0/s1. The summed E-state index contributed by atoms with van der Waals surface area (Å²) in [6.45, 7) is 6.56. The van der Waals surface area contributed by atoms with Crippen molar-refractivity contribution in [2.75, 3.05) is 39.2 Å². The van der Waals surface area contributed by atoms with Crippen LogP contribution in [0.5, 0.6) is 5.75 Å². The molecule has 3 rings (SSSR count). The first kappa shape index (κ1) is 26.2. The minimum absolute atomic E-state index is 0.0594. The molecular formula is C26H34N4O5. The predicted molar refractivity (Wildman–Crippen MR) is 133 cm³/mol. The summed E-state index contributed by atoms with van der Waals surface area (Å²) in [5, 5.41) is 2.80. The number of ether oxygens (including phenoxy) is 2. The van der Waals surface area contributed by atoms with E-state index in [4.69, 9.17) is 9.47 Å². The van der Waals surface area contributed by atoms with Crippen molar-refractivity contribution in [3.63, 3.8) is 0 Å². The molecule has 2 aromatic rings. The number of pyridine rings is 1. The Hall–Kier alpha value is -3.46. The lowest BCUT2D eigenvalue weighted by Crippen LogP contribution is -2.48. The first-order valence-corrected chi connectivity index (χ1v) is 11.8. The van der Waals surface area contributed by atoms with Crippen LogP contribution < -0.4 is 10.1 Å². The Bertz CT molecular complexity index is 1050. The van der Waals surface area contributed by atoms with Crippen LogP contribution in [0.15, 0.2) is 42.6 Å². The first-order chi connectivity index (χ1) is 16.7. The molecule has 0 fully saturated rings. The van der Waals surface area contributed by atoms with Crippen LogP contribution in [0.3, 0.4) is 0 Å². The molecule has 1 aromatic carbocycles. The molecule has 0 saturated carbocycles. The van der Waals surface area contributed by atoms with Gasteiger partial charge in [0, 0.05) is 57.5 Å². The van der Waals surface area contributed by atoms with Crippen molar-refractivity contribution in [3.05, 3.63) is 53.9 Å². The molecule has 0 spiro atoms. The molecule has 35 heavy (non-hydrogen) atoms. The van der Waals surface area contributed by atoms with E-state index in [1.54, 1.807) is 73.5 Å². The molecule has 188 valence electrons. The van der Waals surface area contributed by atoms with Gasteiger partial charge in [-0.2, -0.15) is 0 Å². The number of rotatable bonds is 4. The summed E-state index contributed by atoms with van der Waals surface area (Å²) in [5.41, 5.74) is 1.26. The van der Waals surface area contributed by atoms with Crippen molar-refractivity contribution in [3.8, 4) is 5.75 Å². The Labute approximate surface area is 206 Å². The van der Waals surface area contributed by atoms with Gasteiger partial charge in [0.1, 0.15) is 18.1 Å². The van der Waals surface area contributed by atoms with Crippen LogP contribution in [0.1, 0.15) is 48.0 Å². The van der Waals surface area contributed by atoms with Gasteiger partial charge in [0.15, 0.2) is 0 Å². The third-order valence-corrected chi connectivity index (χ3v) is 6.20. The van der Waals surface area contributed by atoms with E-state index >= 15 is 0 Å². The molecule has 9 heteroatoms. The Morgan fingerprint density at radius 2 is 1.97 bits per heavy atom. The zero-order chi connectivity index (χ0) is 25.5. The molecule has 0 saturated heterocycles. The molecule has 1 aliphatic rings. The number of likely N-dealkylation sites (N-methyl/N-ethyl adjacent to an activating group) is 1. The number of carbonyl (C=O) groups excluding carboxylic acids is 3. The number of nitrogens with zero attached hydrogens (tertiary/aromatic N) is 3. The summed E-state index contributed by atoms with van der Waals surface area (Å²) in [7, 11) is 3.32. The Morgan fingerprint density at radius 1 is 1.20 bits per heavy atom. The SMILES string of the molecule is CCC(=O)Nc1ccc2c(c1)OC[C@@H](C)N(C(=O)c1ccccn1)C[C@H](C)[C@@H](OC)CN(C)C2=O. The van der Waals surface area contributed by atoms with E-state index in [2.05, 4.69) is 10.3 Å². The van der Waals surface area contributed by atoms with Crippen LogP contribution in [0.25, 0.3) is 0 Å². The van der Waals surface area contributed by atoms with Crippen molar-refractivity contribution < 1.29 is 23.9 Å². The average molecular weight is 483 g/mol. The summed E-state index contributed by atoms with van der Waals surface area (Å²) in [4.78, 5) is 46.1. The van der Waals surface area contributed by atoms with Gasteiger partial charge in [-0.05, 0) is 31.2 Å². The summed E-state index contributed by atoms with van der Waals surface area (Å²) >= 11 is 0. The number of aromatic nitrogens is 1. The topological polar surface area (TPSA) is 101 Å². The molecule has 0 bridgehead atoms. The predicted octanol–water partition coefficient (Wildman–Crippen LogP) is 3.08. The zero-order valence-electron chi connectivity index (χ0n) is 21.0. The molecule has 3 amide bonds. The van der Waals surface area contributed by atoms with E-state index in [1.165, 1.54) is 0 Å². The summed E-state index contributed by atoms with van der Waals surface area (Å²) in [6.07, 6.45) is 1.63. The van der Waals surface area contributed by atoms with E-state index in [0.717, 1.165) is 0 Å².